The van der Waals surface area contributed by atoms with Gasteiger partial charge in [0, 0.05) is 38.4 Å². The number of hydrogen-bond acceptors (Lipinski definition) is 4. The molecule has 1 aliphatic rings. The Morgan fingerprint density at radius 1 is 1.35 bits per heavy atom. The van der Waals surface area contributed by atoms with Gasteiger partial charge < -0.3 is 10.1 Å². The number of rotatable bonds is 4. The Kier molecular flexibility index (Phi) is 6.39. The lowest BCUT2D eigenvalue weighted by Crippen LogP contribution is -2.48. The molecule has 23 heavy (non-hydrogen) atoms. The molecule has 1 fully saturated rings. The third-order valence-corrected chi connectivity index (χ3v) is 3.96. The van der Waals surface area contributed by atoms with Gasteiger partial charge in [-0.2, -0.15) is 0 Å². The molecule has 1 unspecified atom stereocenters. The number of benzene rings is 1. The molecule has 124 valence electrons. The van der Waals surface area contributed by atoms with Gasteiger partial charge in [0.05, 0.1) is 6.20 Å². The van der Waals surface area contributed by atoms with E-state index in [-0.39, 0.29) is 12.4 Å². The molecule has 1 aromatic heterocycles. The summed E-state index contributed by atoms with van der Waals surface area (Å²) in [5.74, 6) is 1.67. The van der Waals surface area contributed by atoms with Gasteiger partial charge in [-0.05, 0) is 43.2 Å². The van der Waals surface area contributed by atoms with Crippen molar-refractivity contribution in [2.45, 2.75) is 26.4 Å². The second kappa shape index (κ2) is 8.29. The Hall–Kier alpha value is -1.62. The summed E-state index contributed by atoms with van der Waals surface area (Å²) in [4.78, 5) is 6.57. The van der Waals surface area contributed by atoms with Gasteiger partial charge in [-0.3, -0.25) is 9.88 Å². The lowest BCUT2D eigenvalue weighted by atomic mass is 10.1. The maximum atomic E-state index is 5.89. The van der Waals surface area contributed by atoms with Crippen LogP contribution in [0.25, 0.3) is 0 Å². The van der Waals surface area contributed by atoms with E-state index in [1.807, 2.05) is 12.1 Å². The van der Waals surface area contributed by atoms with Crippen LogP contribution in [0.1, 0.15) is 18.1 Å². The standard InChI is InChI=1S/C18H23N3O.ClH/c1-14-10-16(13-21-9-8-20-15(2)12-21)5-6-18(14)22-17-4-3-7-19-11-17;/h3-7,10-11,15,20H,8-9,12-13H2,1-2H3;1H. The minimum atomic E-state index is 0. The number of pyridine rings is 1. The van der Waals surface area contributed by atoms with Gasteiger partial charge in [0.1, 0.15) is 11.5 Å². The van der Waals surface area contributed by atoms with Crippen LogP contribution in [-0.4, -0.2) is 35.6 Å². The third kappa shape index (κ3) is 4.93. The highest BCUT2D eigenvalue weighted by molar-refractivity contribution is 5.85. The van der Waals surface area contributed by atoms with Gasteiger partial charge in [0.25, 0.3) is 0 Å². The summed E-state index contributed by atoms with van der Waals surface area (Å²) in [6, 6.07) is 10.8. The van der Waals surface area contributed by atoms with Crippen molar-refractivity contribution in [1.29, 1.82) is 0 Å². The van der Waals surface area contributed by atoms with Crippen molar-refractivity contribution >= 4 is 12.4 Å². The predicted molar refractivity (Wildman–Crippen MR) is 95.5 cm³/mol. The van der Waals surface area contributed by atoms with E-state index in [1.54, 1.807) is 12.4 Å². The number of ether oxygens (including phenoxy) is 1. The van der Waals surface area contributed by atoms with Crippen molar-refractivity contribution in [2.24, 2.45) is 0 Å². The maximum Gasteiger partial charge on any atom is 0.145 e. The van der Waals surface area contributed by atoms with Crippen LogP contribution in [0.4, 0.5) is 0 Å². The van der Waals surface area contributed by atoms with Crippen LogP contribution < -0.4 is 10.1 Å². The molecule has 5 heteroatoms. The molecule has 1 atom stereocenters. The van der Waals surface area contributed by atoms with Crippen LogP contribution in [-0.2, 0) is 6.54 Å². The smallest absolute Gasteiger partial charge is 0.145 e. The fraction of sp³-hybridized carbons (Fsp3) is 0.389. The number of nitrogens with zero attached hydrogens (tertiary/aromatic N) is 2. The largest absolute Gasteiger partial charge is 0.455 e. The van der Waals surface area contributed by atoms with Crippen molar-refractivity contribution in [2.75, 3.05) is 19.6 Å². The summed E-state index contributed by atoms with van der Waals surface area (Å²) in [5.41, 5.74) is 2.50. The molecule has 0 saturated carbocycles. The summed E-state index contributed by atoms with van der Waals surface area (Å²) in [6.45, 7) is 8.62. The van der Waals surface area contributed by atoms with Crippen molar-refractivity contribution in [3.05, 3.63) is 53.9 Å². The second-order valence-electron chi connectivity index (χ2n) is 5.98. The summed E-state index contributed by atoms with van der Waals surface area (Å²) in [5, 5.41) is 3.48. The van der Waals surface area contributed by atoms with Gasteiger partial charge in [0.15, 0.2) is 0 Å². The van der Waals surface area contributed by atoms with Crippen LogP contribution in [0, 0.1) is 6.92 Å². The molecule has 0 bridgehead atoms. The Morgan fingerprint density at radius 2 is 2.22 bits per heavy atom. The minimum Gasteiger partial charge on any atom is -0.455 e. The van der Waals surface area contributed by atoms with Gasteiger partial charge in [-0.1, -0.05) is 12.1 Å². The quantitative estimate of drug-likeness (QED) is 0.930. The molecule has 0 aliphatic carbocycles. The van der Waals surface area contributed by atoms with E-state index in [0.717, 1.165) is 43.2 Å². The first-order valence-corrected chi connectivity index (χ1v) is 7.84. The molecule has 2 heterocycles. The van der Waals surface area contributed by atoms with Crippen LogP contribution >= 0.6 is 12.4 Å². The van der Waals surface area contributed by atoms with Crippen LogP contribution in [0.15, 0.2) is 42.7 Å². The number of halogens is 1. The Labute approximate surface area is 144 Å². The van der Waals surface area contributed by atoms with E-state index in [1.165, 1.54) is 5.56 Å². The normalized spacial score (nSPS) is 18.3. The first-order valence-electron chi connectivity index (χ1n) is 7.84. The van der Waals surface area contributed by atoms with Crippen LogP contribution in [0.5, 0.6) is 11.5 Å². The summed E-state index contributed by atoms with van der Waals surface area (Å²) < 4.78 is 5.89. The van der Waals surface area contributed by atoms with E-state index < -0.39 is 0 Å². The van der Waals surface area contributed by atoms with Gasteiger partial charge in [-0.15, -0.1) is 12.4 Å². The molecule has 1 saturated heterocycles. The van der Waals surface area contributed by atoms with Gasteiger partial charge >= 0.3 is 0 Å². The van der Waals surface area contributed by atoms with Crippen molar-refractivity contribution in [1.82, 2.24) is 15.2 Å². The first-order chi connectivity index (χ1) is 10.7. The zero-order valence-electron chi connectivity index (χ0n) is 13.7. The van der Waals surface area contributed by atoms with Crippen molar-refractivity contribution in [3.63, 3.8) is 0 Å². The van der Waals surface area contributed by atoms with Gasteiger partial charge in [0.2, 0.25) is 0 Å². The summed E-state index contributed by atoms with van der Waals surface area (Å²) in [7, 11) is 0. The fourth-order valence-electron chi connectivity index (χ4n) is 2.87. The summed E-state index contributed by atoms with van der Waals surface area (Å²) in [6.07, 6.45) is 3.48. The lowest BCUT2D eigenvalue weighted by Gasteiger charge is -2.31. The average Bonchev–Trinajstić information content (AvgIpc) is 2.51. The second-order valence-corrected chi connectivity index (χ2v) is 5.98. The Morgan fingerprint density at radius 3 is 2.91 bits per heavy atom. The topological polar surface area (TPSA) is 37.4 Å². The van der Waals surface area contributed by atoms with E-state index in [9.17, 15) is 0 Å². The summed E-state index contributed by atoms with van der Waals surface area (Å²) >= 11 is 0. The molecule has 4 nitrogen and oxygen atoms in total. The van der Waals surface area contributed by atoms with Crippen LogP contribution in [0.3, 0.4) is 0 Å². The Bertz CT molecular complexity index is 621. The zero-order valence-corrected chi connectivity index (χ0v) is 14.5. The van der Waals surface area contributed by atoms with E-state index in [0.29, 0.717) is 6.04 Å². The molecular formula is C18H24ClN3O. The number of aryl methyl sites for hydroxylation is 1. The predicted octanol–water partition coefficient (Wildman–Crippen LogP) is 3.40. The van der Waals surface area contributed by atoms with Crippen molar-refractivity contribution < 1.29 is 4.74 Å². The molecule has 0 amide bonds. The van der Waals surface area contributed by atoms with Crippen LogP contribution in [0.2, 0.25) is 0 Å². The molecule has 1 aliphatic heterocycles. The van der Waals surface area contributed by atoms with Crippen molar-refractivity contribution in [3.8, 4) is 11.5 Å². The molecule has 3 rings (SSSR count). The number of nitrogens with one attached hydrogen (secondary N) is 1. The molecular weight excluding hydrogens is 310 g/mol. The molecule has 2 aromatic rings. The van der Waals surface area contributed by atoms with E-state index in [2.05, 4.69) is 47.2 Å². The molecule has 0 spiro atoms. The monoisotopic (exact) mass is 333 g/mol. The maximum absolute atomic E-state index is 5.89. The highest BCUT2D eigenvalue weighted by atomic mass is 35.5. The highest BCUT2D eigenvalue weighted by Gasteiger charge is 2.15. The van der Waals surface area contributed by atoms with E-state index in [4.69, 9.17) is 4.74 Å². The first kappa shape index (κ1) is 17.7. The number of aromatic nitrogens is 1. The zero-order chi connectivity index (χ0) is 15.4. The molecule has 1 N–H and O–H groups in total. The molecule has 1 aromatic carbocycles. The average molecular weight is 334 g/mol. The highest BCUT2D eigenvalue weighted by Crippen LogP contribution is 2.25. The van der Waals surface area contributed by atoms with E-state index >= 15 is 0 Å². The third-order valence-electron chi connectivity index (χ3n) is 3.96. The molecule has 0 radical (unpaired) electrons. The lowest BCUT2D eigenvalue weighted by molar-refractivity contribution is 0.199. The minimum absolute atomic E-state index is 0. The number of hydrogen-bond donors (Lipinski definition) is 1. The number of piperazine rings is 1. The Balaban J connectivity index is 0.00000192. The fourth-order valence-corrected chi connectivity index (χ4v) is 2.87. The SMILES string of the molecule is Cc1cc(CN2CCNC(C)C2)ccc1Oc1cccnc1.Cl. The van der Waals surface area contributed by atoms with Gasteiger partial charge in [-0.25, -0.2) is 0 Å².